The van der Waals surface area contributed by atoms with Gasteiger partial charge in [-0.15, -0.1) is 0 Å². The first-order valence-electron chi connectivity index (χ1n) is 11.1. The standard InChI is InChI=1S/C24H36N2OSi/c1-24(2,3)28(4,5)27-23(18-11-7-6-8-12-18)15-21-19-13-9-10-14-20(19)22-16-25-17-26(21)22/h9-10,13-14,16-18,21,23H,6-8,11-12,15H2,1-5H3/t21-,23-/m0/s1. The quantitative estimate of drug-likeness (QED) is 0.519. The molecular weight excluding hydrogens is 360 g/mol. The van der Waals surface area contributed by atoms with Crippen LogP contribution in [0.3, 0.4) is 0 Å². The lowest BCUT2D eigenvalue weighted by molar-refractivity contribution is 0.0775. The van der Waals surface area contributed by atoms with Crippen LogP contribution in [0.4, 0.5) is 0 Å². The van der Waals surface area contributed by atoms with E-state index < -0.39 is 8.32 Å². The maximum Gasteiger partial charge on any atom is 0.192 e. The van der Waals surface area contributed by atoms with Gasteiger partial charge in [-0.2, -0.15) is 0 Å². The minimum Gasteiger partial charge on any atom is -0.414 e. The molecule has 2 heterocycles. The number of hydrogen-bond donors (Lipinski definition) is 0. The van der Waals surface area contributed by atoms with Gasteiger partial charge >= 0.3 is 0 Å². The van der Waals surface area contributed by atoms with Crippen LogP contribution in [0, 0.1) is 5.92 Å². The Hall–Kier alpha value is -1.39. The maximum atomic E-state index is 7.12. The number of fused-ring (bicyclic) bond motifs is 3. The molecule has 1 saturated carbocycles. The summed E-state index contributed by atoms with van der Waals surface area (Å²) < 4.78 is 9.50. The molecule has 4 rings (SSSR count). The normalized spacial score (nSPS) is 21.4. The van der Waals surface area contributed by atoms with E-state index in [9.17, 15) is 0 Å². The van der Waals surface area contributed by atoms with Gasteiger partial charge < -0.3 is 8.99 Å². The first-order valence-corrected chi connectivity index (χ1v) is 14.0. The van der Waals surface area contributed by atoms with Gasteiger partial charge in [-0.05, 0) is 48.9 Å². The molecule has 1 aliphatic heterocycles. The van der Waals surface area contributed by atoms with Crippen molar-refractivity contribution in [1.29, 1.82) is 0 Å². The molecule has 0 radical (unpaired) electrons. The smallest absolute Gasteiger partial charge is 0.192 e. The molecule has 2 aliphatic rings. The lowest BCUT2D eigenvalue weighted by atomic mass is 9.82. The number of hydrogen-bond acceptors (Lipinski definition) is 2. The summed E-state index contributed by atoms with van der Waals surface area (Å²) in [5.41, 5.74) is 4.05. The van der Waals surface area contributed by atoms with Crippen molar-refractivity contribution in [3.05, 3.63) is 42.4 Å². The topological polar surface area (TPSA) is 27.1 Å². The fraction of sp³-hybridized carbons (Fsp3) is 0.625. The fourth-order valence-electron chi connectivity index (χ4n) is 4.79. The van der Waals surface area contributed by atoms with Gasteiger partial charge in [-0.25, -0.2) is 4.98 Å². The van der Waals surface area contributed by atoms with Crippen molar-refractivity contribution in [2.45, 2.75) is 89.6 Å². The lowest BCUT2D eigenvalue weighted by Gasteiger charge is -2.43. The molecule has 1 fully saturated rings. The minimum absolute atomic E-state index is 0.244. The molecule has 2 aromatic rings. The molecule has 0 bridgehead atoms. The third kappa shape index (κ3) is 3.61. The van der Waals surface area contributed by atoms with Crippen LogP contribution < -0.4 is 0 Å². The lowest BCUT2D eigenvalue weighted by Crippen LogP contribution is -2.46. The van der Waals surface area contributed by atoms with E-state index >= 15 is 0 Å². The van der Waals surface area contributed by atoms with Crippen LogP contribution in [-0.2, 0) is 4.43 Å². The van der Waals surface area contributed by atoms with Gasteiger partial charge in [0.25, 0.3) is 0 Å². The zero-order valence-electron chi connectivity index (χ0n) is 18.2. The first kappa shape index (κ1) is 19.9. The molecule has 28 heavy (non-hydrogen) atoms. The molecule has 152 valence electrons. The largest absolute Gasteiger partial charge is 0.414 e. The molecule has 4 heteroatoms. The summed E-state index contributed by atoms with van der Waals surface area (Å²) in [7, 11) is -1.82. The Morgan fingerprint density at radius 1 is 1.14 bits per heavy atom. The average Bonchev–Trinajstić information content (AvgIpc) is 3.23. The molecule has 2 atom stereocenters. The summed E-state index contributed by atoms with van der Waals surface area (Å²) in [5, 5.41) is 0.244. The minimum atomic E-state index is -1.82. The number of rotatable bonds is 5. The van der Waals surface area contributed by atoms with Gasteiger partial charge in [-0.1, -0.05) is 64.3 Å². The highest BCUT2D eigenvalue weighted by atomic mass is 28.4. The first-order chi connectivity index (χ1) is 13.3. The Bertz CT molecular complexity index is 814. The molecule has 0 saturated heterocycles. The van der Waals surface area contributed by atoms with Crippen molar-refractivity contribution in [1.82, 2.24) is 9.55 Å². The molecule has 1 aromatic carbocycles. The van der Waals surface area contributed by atoms with Crippen molar-refractivity contribution in [2.75, 3.05) is 0 Å². The predicted molar refractivity (Wildman–Crippen MR) is 119 cm³/mol. The fourth-order valence-corrected chi connectivity index (χ4v) is 6.19. The number of aromatic nitrogens is 2. The molecule has 0 unspecified atom stereocenters. The van der Waals surface area contributed by atoms with E-state index in [4.69, 9.17) is 4.43 Å². The van der Waals surface area contributed by atoms with Crippen molar-refractivity contribution < 1.29 is 4.43 Å². The van der Waals surface area contributed by atoms with E-state index in [0.717, 1.165) is 6.42 Å². The van der Waals surface area contributed by atoms with Crippen molar-refractivity contribution in [2.24, 2.45) is 5.92 Å². The highest BCUT2D eigenvalue weighted by Crippen LogP contribution is 2.45. The molecule has 1 aromatic heterocycles. The molecule has 0 spiro atoms. The Kier molecular flexibility index (Phi) is 5.30. The van der Waals surface area contributed by atoms with Crippen LogP contribution in [0.25, 0.3) is 11.3 Å². The number of imidazole rings is 1. The van der Waals surface area contributed by atoms with E-state index in [2.05, 4.69) is 67.7 Å². The summed E-state index contributed by atoms with van der Waals surface area (Å²) in [4.78, 5) is 4.46. The van der Waals surface area contributed by atoms with E-state index in [1.807, 2.05) is 12.5 Å². The van der Waals surface area contributed by atoms with Crippen LogP contribution in [0.1, 0.15) is 70.9 Å². The van der Waals surface area contributed by atoms with Gasteiger partial charge in [-0.3, -0.25) is 0 Å². The van der Waals surface area contributed by atoms with Crippen LogP contribution >= 0.6 is 0 Å². The van der Waals surface area contributed by atoms with Crippen molar-refractivity contribution in [3.8, 4) is 11.3 Å². The second-order valence-corrected chi connectivity index (χ2v) is 15.1. The van der Waals surface area contributed by atoms with Crippen LogP contribution in [0.2, 0.25) is 18.1 Å². The van der Waals surface area contributed by atoms with Crippen molar-refractivity contribution in [3.63, 3.8) is 0 Å². The Morgan fingerprint density at radius 3 is 2.57 bits per heavy atom. The predicted octanol–water partition coefficient (Wildman–Crippen LogP) is 6.81. The molecule has 0 amide bonds. The molecule has 0 N–H and O–H groups in total. The van der Waals surface area contributed by atoms with Gasteiger partial charge in [0.15, 0.2) is 8.32 Å². The zero-order valence-corrected chi connectivity index (χ0v) is 19.2. The van der Waals surface area contributed by atoms with Gasteiger partial charge in [0.1, 0.15) is 0 Å². The summed E-state index contributed by atoms with van der Waals surface area (Å²) >= 11 is 0. The Morgan fingerprint density at radius 2 is 1.86 bits per heavy atom. The monoisotopic (exact) mass is 396 g/mol. The molecule has 3 nitrogen and oxygen atoms in total. The Balaban J connectivity index is 1.64. The van der Waals surface area contributed by atoms with E-state index in [0.29, 0.717) is 18.1 Å². The van der Waals surface area contributed by atoms with Crippen molar-refractivity contribution >= 4 is 8.32 Å². The third-order valence-electron chi connectivity index (χ3n) is 7.48. The second kappa shape index (κ2) is 7.45. The molecule has 1 aliphatic carbocycles. The van der Waals surface area contributed by atoms with Gasteiger partial charge in [0.05, 0.1) is 30.4 Å². The SMILES string of the molecule is CC(C)(C)[Si](C)(C)O[C@@H](C[C@H]1c2ccccc2-c2cncn21)C1CCCCC1. The number of benzene rings is 1. The molecular formula is C24H36N2OSi. The average molecular weight is 397 g/mol. The van der Waals surface area contributed by atoms with E-state index in [1.54, 1.807) is 0 Å². The summed E-state index contributed by atoms with van der Waals surface area (Å²) in [5.74, 6) is 0.697. The summed E-state index contributed by atoms with van der Waals surface area (Å²) in [6, 6.07) is 9.22. The van der Waals surface area contributed by atoms with E-state index in [1.165, 1.54) is 48.9 Å². The Labute approximate surface area is 171 Å². The van der Waals surface area contributed by atoms with Gasteiger partial charge in [0.2, 0.25) is 0 Å². The van der Waals surface area contributed by atoms with Gasteiger partial charge in [0, 0.05) is 5.56 Å². The third-order valence-corrected chi connectivity index (χ3v) is 12.0. The number of nitrogens with zero attached hydrogens (tertiary/aromatic N) is 2. The second-order valence-electron chi connectivity index (χ2n) is 10.3. The van der Waals surface area contributed by atoms with Crippen LogP contribution in [0.15, 0.2) is 36.8 Å². The van der Waals surface area contributed by atoms with E-state index in [-0.39, 0.29) is 5.04 Å². The maximum absolute atomic E-state index is 7.12. The summed E-state index contributed by atoms with van der Waals surface area (Å²) in [6.07, 6.45) is 12.2. The zero-order chi connectivity index (χ0) is 19.9. The van der Waals surface area contributed by atoms with Crippen LogP contribution in [-0.4, -0.2) is 24.0 Å². The van der Waals surface area contributed by atoms with Crippen LogP contribution in [0.5, 0.6) is 0 Å². The summed E-state index contributed by atoms with van der Waals surface area (Å²) in [6.45, 7) is 11.9. The highest BCUT2D eigenvalue weighted by molar-refractivity contribution is 6.74. The highest BCUT2D eigenvalue weighted by Gasteiger charge is 2.42.